The van der Waals surface area contributed by atoms with Crippen LogP contribution in [0, 0.1) is 11.3 Å². The van der Waals surface area contributed by atoms with Gasteiger partial charge < -0.3 is 10.6 Å². The van der Waals surface area contributed by atoms with Crippen LogP contribution in [0.1, 0.15) is 30.4 Å². The van der Waals surface area contributed by atoms with Crippen LogP contribution in [0.25, 0.3) is 0 Å². The lowest BCUT2D eigenvalue weighted by molar-refractivity contribution is 0.236. The number of nitrogens with one attached hydrogen (secondary N) is 2. The van der Waals surface area contributed by atoms with Gasteiger partial charge in [0.1, 0.15) is 0 Å². The largest absolute Gasteiger partial charge is 0.335 e. The molecule has 2 atom stereocenters. The number of carbonyl (C=O) groups is 1. The molecule has 2 rings (SSSR count). The molecule has 0 heterocycles. The van der Waals surface area contributed by atoms with Crippen LogP contribution in [0.2, 0.25) is 0 Å². The average molecular weight is 289 g/mol. The third-order valence-electron chi connectivity index (χ3n) is 3.56. The second-order valence-electron chi connectivity index (χ2n) is 5.01. The van der Waals surface area contributed by atoms with E-state index in [1.54, 1.807) is 12.1 Å². The molecule has 5 heteroatoms. The maximum Gasteiger partial charge on any atom is 0.315 e. The zero-order chi connectivity index (χ0) is 14.4. The fourth-order valence-corrected chi connectivity index (χ4v) is 3.25. The first-order valence-corrected chi connectivity index (χ1v) is 8.06. The Morgan fingerprint density at radius 1 is 1.50 bits per heavy atom. The summed E-state index contributed by atoms with van der Waals surface area (Å²) in [7, 11) is 0. The molecule has 0 bridgehead atoms. The molecule has 1 saturated carbocycles. The predicted molar refractivity (Wildman–Crippen MR) is 81.5 cm³/mol. The van der Waals surface area contributed by atoms with E-state index in [2.05, 4.69) is 23.0 Å². The maximum atomic E-state index is 11.8. The minimum atomic E-state index is -0.126. The number of thioether (sulfide) groups is 1. The monoisotopic (exact) mass is 289 g/mol. The van der Waals surface area contributed by atoms with E-state index in [1.807, 2.05) is 23.9 Å². The van der Waals surface area contributed by atoms with E-state index in [1.165, 1.54) is 6.42 Å². The molecular weight excluding hydrogens is 270 g/mol. The number of nitrogens with zero attached hydrogens (tertiary/aromatic N) is 1. The highest BCUT2D eigenvalue weighted by Gasteiger charge is 2.24. The fourth-order valence-electron chi connectivity index (χ4n) is 2.45. The molecule has 106 valence electrons. The quantitative estimate of drug-likeness (QED) is 0.895. The smallest absolute Gasteiger partial charge is 0.315 e. The number of hydrogen-bond acceptors (Lipinski definition) is 3. The second-order valence-corrected chi connectivity index (χ2v) is 6.14. The van der Waals surface area contributed by atoms with E-state index >= 15 is 0 Å². The number of hydrogen-bond donors (Lipinski definition) is 2. The molecule has 0 aromatic heterocycles. The van der Waals surface area contributed by atoms with Gasteiger partial charge in [0.2, 0.25) is 0 Å². The van der Waals surface area contributed by atoms with Crippen LogP contribution in [0.15, 0.2) is 24.3 Å². The van der Waals surface area contributed by atoms with Gasteiger partial charge in [-0.05, 0) is 43.2 Å². The van der Waals surface area contributed by atoms with Crippen molar-refractivity contribution in [1.82, 2.24) is 10.6 Å². The Bertz CT molecular complexity index is 512. The summed E-state index contributed by atoms with van der Waals surface area (Å²) in [4.78, 5) is 11.8. The number of urea groups is 1. The predicted octanol–water partition coefficient (Wildman–Crippen LogP) is 2.64. The van der Waals surface area contributed by atoms with Crippen molar-refractivity contribution in [3.63, 3.8) is 0 Å². The van der Waals surface area contributed by atoms with Gasteiger partial charge in [-0.1, -0.05) is 12.1 Å². The molecule has 0 spiro atoms. The Labute approximate surface area is 123 Å². The van der Waals surface area contributed by atoms with Crippen molar-refractivity contribution in [2.75, 3.05) is 6.26 Å². The van der Waals surface area contributed by atoms with Gasteiger partial charge in [-0.2, -0.15) is 17.0 Å². The van der Waals surface area contributed by atoms with Gasteiger partial charge in [0.15, 0.2) is 0 Å². The summed E-state index contributed by atoms with van der Waals surface area (Å²) >= 11 is 1.88. The molecule has 2 N–H and O–H groups in total. The van der Waals surface area contributed by atoms with Gasteiger partial charge in [0.25, 0.3) is 0 Å². The second kappa shape index (κ2) is 7.20. The van der Waals surface area contributed by atoms with Gasteiger partial charge in [-0.15, -0.1) is 0 Å². The molecule has 20 heavy (non-hydrogen) atoms. The van der Waals surface area contributed by atoms with Crippen LogP contribution in [0.4, 0.5) is 4.79 Å². The number of amides is 2. The first-order valence-electron chi connectivity index (χ1n) is 6.77. The summed E-state index contributed by atoms with van der Waals surface area (Å²) in [6, 6.07) is 9.53. The summed E-state index contributed by atoms with van der Waals surface area (Å²) in [5.41, 5.74) is 1.55. The third kappa shape index (κ3) is 4.17. The standard InChI is InChI=1S/C15H19N3OS/c1-20-14-6-5-13(8-14)18-15(19)17-10-12-4-2-3-11(7-12)9-16/h2-4,7,13-14H,5-6,8,10H2,1H3,(H2,17,18,19). The van der Waals surface area contributed by atoms with E-state index in [9.17, 15) is 4.79 Å². The number of rotatable bonds is 4. The molecule has 1 aromatic rings. The van der Waals surface area contributed by atoms with Crippen molar-refractivity contribution in [3.8, 4) is 6.07 Å². The summed E-state index contributed by atoms with van der Waals surface area (Å²) in [5.74, 6) is 0. The summed E-state index contributed by atoms with van der Waals surface area (Å²) in [6.07, 6.45) is 5.41. The fraction of sp³-hybridized carbons (Fsp3) is 0.467. The lowest BCUT2D eigenvalue weighted by Gasteiger charge is -2.13. The Morgan fingerprint density at radius 3 is 3.05 bits per heavy atom. The van der Waals surface area contributed by atoms with Crippen molar-refractivity contribution >= 4 is 17.8 Å². The van der Waals surface area contributed by atoms with E-state index in [0.717, 1.165) is 18.4 Å². The minimum absolute atomic E-state index is 0.126. The highest BCUT2D eigenvalue weighted by molar-refractivity contribution is 7.99. The molecule has 0 saturated heterocycles. The summed E-state index contributed by atoms with van der Waals surface area (Å²) in [6.45, 7) is 0.444. The highest BCUT2D eigenvalue weighted by atomic mass is 32.2. The Balaban J connectivity index is 1.76. The van der Waals surface area contributed by atoms with Crippen LogP contribution >= 0.6 is 11.8 Å². The van der Waals surface area contributed by atoms with Crippen molar-refractivity contribution in [3.05, 3.63) is 35.4 Å². The maximum absolute atomic E-state index is 11.8. The normalized spacial score (nSPS) is 21.2. The van der Waals surface area contributed by atoms with Crippen molar-refractivity contribution in [1.29, 1.82) is 5.26 Å². The van der Waals surface area contributed by atoms with Crippen molar-refractivity contribution in [2.24, 2.45) is 0 Å². The van der Waals surface area contributed by atoms with Gasteiger partial charge in [-0.25, -0.2) is 4.79 Å². The number of carbonyl (C=O) groups excluding carboxylic acids is 1. The average Bonchev–Trinajstić information content (AvgIpc) is 2.93. The van der Waals surface area contributed by atoms with Crippen LogP contribution in [0.5, 0.6) is 0 Å². The molecule has 2 unspecified atom stereocenters. The molecule has 1 aliphatic rings. The topological polar surface area (TPSA) is 64.9 Å². The molecule has 1 aliphatic carbocycles. The van der Waals surface area contributed by atoms with E-state index in [0.29, 0.717) is 17.4 Å². The van der Waals surface area contributed by atoms with Crippen LogP contribution in [0.3, 0.4) is 0 Å². The van der Waals surface area contributed by atoms with E-state index in [4.69, 9.17) is 5.26 Å². The summed E-state index contributed by atoms with van der Waals surface area (Å²) in [5, 5.41) is 15.4. The van der Waals surface area contributed by atoms with Crippen molar-refractivity contribution in [2.45, 2.75) is 37.1 Å². The lowest BCUT2D eigenvalue weighted by atomic mass is 10.1. The first-order chi connectivity index (χ1) is 9.71. The molecule has 2 amide bonds. The van der Waals surface area contributed by atoms with E-state index < -0.39 is 0 Å². The Morgan fingerprint density at radius 2 is 2.35 bits per heavy atom. The summed E-state index contributed by atoms with van der Waals surface area (Å²) < 4.78 is 0. The van der Waals surface area contributed by atoms with Gasteiger partial charge in [0, 0.05) is 17.8 Å². The molecule has 1 fully saturated rings. The van der Waals surface area contributed by atoms with Gasteiger partial charge in [0.05, 0.1) is 11.6 Å². The first kappa shape index (κ1) is 14.7. The molecule has 0 radical (unpaired) electrons. The lowest BCUT2D eigenvalue weighted by Crippen LogP contribution is -2.40. The molecular formula is C15H19N3OS. The minimum Gasteiger partial charge on any atom is -0.335 e. The van der Waals surface area contributed by atoms with Crippen LogP contribution in [-0.4, -0.2) is 23.6 Å². The van der Waals surface area contributed by atoms with Crippen molar-refractivity contribution < 1.29 is 4.79 Å². The van der Waals surface area contributed by atoms with Gasteiger partial charge in [-0.3, -0.25) is 0 Å². The highest BCUT2D eigenvalue weighted by Crippen LogP contribution is 2.27. The Hall–Kier alpha value is -1.67. The number of benzene rings is 1. The third-order valence-corrected chi connectivity index (χ3v) is 4.66. The number of nitriles is 1. The zero-order valence-corrected chi connectivity index (χ0v) is 12.4. The van der Waals surface area contributed by atoms with Crippen LogP contribution in [-0.2, 0) is 6.54 Å². The zero-order valence-electron chi connectivity index (χ0n) is 11.6. The Kier molecular flexibility index (Phi) is 5.31. The van der Waals surface area contributed by atoms with E-state index in [-0.39, 0.29) is 12.1 Å². The SMILES string of the molecule is CSC1CCC(NC(=O)NCc2cccc(C#N)c2)C1. The molecule has 4 nitrogen and oxygen atoms in total. The van der Waals surface area contributed by atoms with Crippen LogP contribution < -0.4 is 10.6 Å². The van der Waals surface area contributed by atoms with Gasteiger partial charge >= 0.3 is 6.03 Å². The molecule has 1 aromatic carbocycles. The molecule has 0 aliphatic heterocycles.